The molecule has 5 heteroatoms. The van der Waals surface area contributed by atoms with Crippen LogP contribution in [0.3, 0.4) is 0 Å². The summed E-state index contributed by atoms with van der Waals surface area (Å²) in [6.07, 6.45) is 1.51. The summed E-state index contributed by atoms with van der Waals surface area (Å²) < 4.78 is 0. The normalized spacial score (nSPS) is 12.5. The standard InChI is InChI=1S/C13H22N4O/c1-5-17(10(2)9-16(3)4)13(18)12-7-6-11(14)8-15-12/h6-8,10H,5,9,14H2,1-4H3. The fourth-order valence-electron chi connectivity index (χ4n) is 1.96. The molecule has 0 bridgehead atoms. The Hall–Kier alpha value is -1.62. The van der Waals surface area contributed by atoms with Crippen LogP contribution >= 0.6 is 0 Å². The molecule has 1 aromatic rings. The third kappa shape index (κ3) is 3.70. The van der Waals surface area contributed by atoms with E-state index in [0.717, 1.165) is 6.54 Å². The Balaban J connectivity index is 2.81. The van der Waals surface area contributed by atoms with Crippen molar-refractivity contribution in [3.8, 4) is 0 Å². The minimum atomic E-state index is -0.0492. The van der Waals surface area contributed by atoms with Crippen LogP contribution in [0.25, 0.3) is 0 Å². The summed E-state index contributed by atoms with van der Waals surface area (Å²) in [5.41, 5.74) is 6.57. The number of amides is 1. The number of aromatic nitrogens is 1. The van der Waals surface area contributed by atoms with Gasteiger partial charge in [0.15, 0.2) is 0 Å². The van der Waals surface area contributed by atoms with Crippen molar-refractivity contribution in [2.75, 3.05) is 32.9 Å². The molecule has 2 N–H and O–H groups in total. The maximum absolute atomic E-state index is 12.3. The lowest BCUT2D eigenvalue weighted by Gasteiger charge is -2.29. The summed E-state index contributed by atoms with van der Waals surface area (Å²) in [7, 11) is 3.99. The third-order valence-corrected chi connectivity index (χ3v) is 2.77. The van der Waals surface area contributed by atoms with Gasteiger partial charge in [-0.15, -0.1) is 0 Å². The quantitative estimate of drug-likeness (QED) is 0.849. The molecule has 1 atom stereocenters. The first kappa shape index (κ1) is 14.4. The van der Waals surface area contributed by atoms with Crippen molar-refractivity contribution in [1.29, 1.82) is 0 Å². The molecule has 0 aliphatic carbocycles. The van der Waals surface area contributed by atoms with Gasteiger partial charge >= 0.3 is 0 Å². The Kier molecular flexibility index (Phi) is 5.09. The summed E-state index contributed by atoms with van der Waals surface area (Å²) in [5, 5.41) is 0. The van der Waals surface area contributed by atoms with Crippen molar-refractivity contribution < 1.29 is 4.79 Å². The molecule has 0 aliphatic heterocycles. The number of nitrogen functional groups attached to an aromatic ring is 1. The monoisotopic (exact) mass is 250 g/mol. The molecule has 0 aliphatic rings. The zero-order valence-electron chi connectivity index (χ0n) is 11.6. The third-order valence-electron chi connectivity index (χ3n) is 2.77. The average Bonchev–Trinajstić information content (AvgIpc) is 2.29. The number of likely N-dealkylation sites (N-methyl/N-ethyl adjacent to an activating group) is 2. The lowest BCUT2D eigenvalue weighted by molar-refractivity contribution is 0.0673. The Labute approximate surface area is 109 Å². The van der Waals surface area contributed by atoms with E-state index in [1.807, 2.05) is 32.8 Å². The van der Waals surface area contributed by atoms with E-state index < -0.39 is 0 Å². The molecule has 0 aromatic carbocycles. The molecule has 0 fully saturated rings. The summed E-state index contributed by atoms with van der Waals surface area (Å²) in [4.78, 5) is 20.3. The Morgan fingerprint density at radius 2 is 2.11 bits per heavy atom. The molecule has 1 aromatic heterocycles. The van der Waals surface area contributed by atoms with Gasteiger partial charge in [-0.05, 0) is 40.1 Å². The second-order valence-corrected chi connectivity index (χ2v) is 4.68. The number of nitrogens with two attached hydrogens (primary N) is 1. The summed E-state index contributed by atoms with van der Waals surface area (Å²) in [6, 6.07) is 3.52. The molecular weight excluding hydrogens is 228 g/mol. The number of carbonyl (C=O) groups excluding carboxylic acids is 1. The first-order chi connectivity index (χ1) is 8.45. The second-order valence-electron chi connectivity index (χ2n) is 4.68. The van der Waals surface area contributed by atoms with Gasteiger partial charge in [-0.1, -0.05) is 0 Å². The summed E-state index contributed by atoms with van der Waals surface area (Å²) in [5.74, 6) is -0.0492. The van der Waals surface area contributed by atoms with Gasteiger partial charge in [0, 0.05) is 19.1 Å². The Bertz CT molecular complexity index is 388. The highest BCUT2D eigenvalue weighted by Gasteiger charge is 2.21. The average molecular weight is 250 g/mol. The van der Waals surface area contributed by atoms with Gasteiger partial charge in [0.25, 0.3) is 5.91 Å². The SMILES string of the molecule is CCN(C(=O)c1ccc(N)cn1)C(C)CN(C)C. The fourth-order valence-corrected chi connectivity index (χ4v) is 1.96. The fraction of sp³-hybridized carbons (Fsp3) is 0.538. The minimum Gasteiger partial charge on any atom is -0.397 e. The summed E-state index contributed by atoms with van der Waals surface area (Å²) in [6.45, 7) is 5.51. The smallest absolute Gasteiger partial charge is 0.272 e. The van der Waals surface area contributed by atoms with Gasteiger partial charge < -0.3 is 15.5 Å². The van der Waals surface area contributed by atoms with Crippen LogP contribution in [0.4, 0.5) is 5.69 Å². The van der Waals surface area contributed by atoms with Crippen LogP contribution in [0.5, 0.6) is 0 Å². The molecule has 0 radical (unpaired) electrons. The maximum Gasteiger partial charge on any atom is 0.272 e. The molecule has 18 heavy (non-hydrogen) atoms. The first-order valence-electron chi connectivity index (χ1n) is 6.13. The molecule has 1 amide bonds. The van der Waals surface area contributed by atoms with E-state index >= 15 is 0 Å². The van der Waals surface area contributed by atoms with Crippen LogP contribution in [0.2, 0.25) is 0 Å². The molecule has 0 spiro atoms. The van der Waals surface area contributed by atoms with E-state index in [4.69, 9.17) is 5.73 Å². The Morgan fingerprint density at radius 1 is 1.44 bits per heavy atom. The zero-order valence-corrected chi connectivity index (χ0v) is 11.6. The molecule has 1 rings (SSSR count). The van der Waals surface area contributed by atoms with Gasteiger partial charge in [0.2, 0.25) is 0 Å². The van der Waals surface area contributed by atoms with Crippen LogP contribution in [-0.2, 0) is 0 Å². The van der Waals surface area contributed by atoms with Gasteiger partial charge in [0.1, 0.15) is 5.69 Å². The molecule has 1 unspecified atom stereocenters. The van der Waals surface area contributed by atoms with Crippen molar-refractivity contribution in [2.24, 2.45) is 0 Å². The van der Waals surface area contributed by atoms with E-state index in [1.165, 1.54) is 6.20 Å². The predicted octanol–water partition coefficient (Wildman–Crippen LogP) is 1.08. The molecule has 100 valence electrons. The number of anilines is 1. The van der Waals surface area contributed by atoms with Crippen molar-refractivity contribution in [3.05, 3.63) is 24.0 Å². The van der Waals surface area contributed by atoms with E-state index in [9.17, 15) is 4.79 Å². The number of hydrogen-bond donors (Lipinski definition) is 1. The highest BCUT2D eigenvalue weighted by Crippen LogP contribution is 2.08. The van der Waals surface area contributed by atoms with E-state index in [2.05, 4.69) is 9.88 Å². The molecular formula is C13H22N4O. The largest absolute Gasteiger partial charge is 0.397 e. The number of rotatable bonds is 5. The maximum atomic E-state index is 12.3. The van der Waals surface area contributed by atoms with Crippen molar-refractivity contribution >= 4 is 11.6 Å². The van der Waals surface area contributed by atoms with Gasteiger partial charge in [-0.3, -0.25) is 4.79 Å². The van der Waals surface area contributed by atoms with Crippen LogP contribution in [-0.4, -0.2) is 53.9 Å². The number of nitrogens with zero attached hydrogens (tertiary/aromatic N) is 3. The van der Waals surface area contributed by atoms with Crippen molar-refractivity contribution in [3.63, 3.8) is 0 Å². The molecule has 1 heterocycles. The highest BCUT2D eigenvalue weighted by molar-refractivity contribution is 5.92. The number of hydrogen-bond acceptors (Lipinski definition) is 4. The lowest BCUT2D eigenvalue weighted by atomic mass is 10.2. The molecule has 5 nitrogen and oxygen atoms in total. The number of carbonyl (C=O) groups is 1. The van der Waals surface area contributed by atoms with E-state index in [0.29, 0.717) is 17.9 Å². The van der Waals surface area contributed by atoms with Crippen LogP contribution in [0.1, 0.15) is 24.3 Å². The van der Waals surface area contributed by atoms with E-state index in [-0.39, 0.29) is 11.9 Å². The van der Waals surface area contributed by atoms with Gasteiger partial charge in [0.05, 0.1) is 11.9 Å². The van der Waals surface area contributed by atoms with Crippen LogP contribution in [0.15, 0.2) is 18.3 Å². The van der Waals surface area contributed by atoms with Crippen molar-refractivity contribution in [2.45, 2.75) is 19.9 Å². The topological polar surface area (TPSA) is 62.5 Å². The molecule has 0 saturated heterocycles. The minimum absolute atomic E-state index is 0.0492. The predicted molar refractivity (Wildman–Crippen MR) is 73.4 cm³/mol. The van der Waals surface area contributed by atoms with Crippen LogP contribution in [0, 0.1) is 0 Å². The van der Waals surface area contributed by atoms with Gasteiger partial charge in [-0.2, -0.15) is 0 Å². The zero-order chi connectivity index (χ0) is 13.7. The van der Waals surface area contributed by atoms with Gasteiger partial charge in [-0.25, -0.2) is 4.98 Å². The lowest BCUT2D eigenvalue weighted by Crippen LogP contribution is -2.44. The van der Waals surface area contributed by atoms with E-state index in [1.54, 1.807) is 12.1 Å². The second kappa shape index (κ2) is 6.35. The number of pyridine rings is 1. The molecule has 0 saturated carbocycles. The Morgan fingerprint density at radius 3 is 2.56 bits per heavy atom. The van der Waals surface area contributed by atoms with Crippen LogP contribution < -0.4 is 5.73 Å². The first-order valence-corrected chi connectivity index (χ1v) is 6.13. The highest BCUT2D eigenvalue weighted by atomic mass is 16.2. The summed E-state index contributed by atoms with van der Waals surface area (Å²) >= 11 is 0. The van der Waals surface area contributed by atoms with Crippen molar-refractivity contribution in [1.82, 2.24) is 14.8 Å².